The Kier molecular flexibility index (Phi) is 62.3. The fraction of sp³-hybridized carbons (Fsp3) is 0.658. The van der Waals surface area contributed by atoms with Crippen molar-refractivity contribution in [1.29, 1.82) is 0 Å². The summed E-state index contributed by atoms with van der Waals surface area (Å²) in [6.45, 7) is 6.39. The second-order valence-corrected chi connectivity index (χ2v) is 21.3. The first-order chi connectivity index (χ1) is 39.0. The number of unbranched alkanes of at least 4 members (excludes halogenated alkanes) is 25. The maximum Gasteiger partial charge on any atom is 0.306 e. The highest BCUT2D eigenvalue weighted by Crippen LogP contribution is 2.16. The molecule has 0 radical (unpaired) electrons. The smallest absolute Gasteiger partial charge is 0.306 e. The standard InChI is InChI=1S/C73H120O6/c1-4-7-10-13-16-19-22-25-27-29-30-31-32-33-34-35-36-37-38-39-40-41-42-44-45-48-51-54-57-60-63-66-72(75)78-69-70(68-77-71(74)65-62-59-56-53-50-47-24-21-18-15-12-9-6-3)79-73(76)67-64-61-58-55-52-49-46-43-28-26-23-20-17-14-11-8-5-2/h7,9-10,12,16,18-19,21,25,27,30-31,33-34,36-37,39-40,42,44,47,50,70H,4-6,8,11,13-15,17,20,22-24,26,28-29,32,35,38,41,43,45-46,48-49,51-69H2,1-3H3/b10-7-,12-9-,19-16-,21-18-,27-25-,31-30-,34-33-,37-36-,40-39-,44-42-,50-47-. The van der Waals surface area contributed by atoms with E-state index in [9.17, 15) is 14.4 Å². The fourth-order valence-electron chi connectivity index (χ4n) is 8.83. The summed E-state index contributed by atoms with van der Waals surface area (Å²) in [5.41, 5.74) is 0. The number of esters is 3. The maximum atomic E-state index is 12.9. The molecular formula is C73H120O6. The van der Waals surface area contributed by atoms with Gasteiger partial charge in [-0.15, -0.1) is 0 Å². The van der Waals surface area contributed by atoms with Crippen LogP contribution < -0.4 is 0 Å². The summed E-state index contributed by atoms with van der Waals surface area (Å²) in [5, 5.41) is 0. The van der Waals surface area contributed by atoms with E-state index in [1.54, 1.807) is 0 Å². The minimum Gasteiger partial charge on any atom is -0.462 e. The van der Waals surface area contributed by atoms with Crippen molar-refractivity contribution in [3.8, 4) is 0 Å². The van der Waals surface area contributed by atoms with E-state index in [1.807, 2.05) is 0 Å². The van der Waals surface area contributed by atoms with Crippen molar-refractivity contribution in [2.75, 3.05) is 13.2 Å². The third kappa shape index (κ3) is 64.3. The van der Waals surface area contributed by atoms with Gasteiger partial charge in [0, 0.05) is 19.3 Å². The van der Waals surface area contributed by atoms with Gasteiger partial charge < -0.3 is 14.2 Å². The van der Waals surface area contributed by atoms with E-state index in [-0.39, 0.29) is 31.1 Å². The van der Waals surface area contributed by atoms with Crippen LogP contribution in [0.4, 0.5) is 0 Å². The summed E-state index contributed by atoms with van der Waals surface area (Å²) in [6, 6.07) is 0. The first-order valence-corrected chi connectivity index (χ1v) is 32.7. The average molecular weight is 1090 g/mol. The molecule has 0 aliphatic rings. The van der Waals surface area contributed by atoms with Gasteiger partial charge in [-0.25, -0.2) is 0 Å². The lowest BCUT2D eigenvalue weighted by molar-refractivity contribution is -0.167. The lowest BCUT2D eigenvalue weighted by Crippen LogP contribution is -2.30. The van der Waals surface area contributed by atoms with Crippen LogP contribution >= 0.6 is 0 Å². The summed E-state index contributed by atoms with van der Waals surface area (Å²) < 4.78 is 16.9. The van der Waals surface area contributed by atoms with E-state index in [4.69, 9.17) is 14.2 Å². The molecule has 0 saturated carbocycles. The van der Waals surface area contributed by atoms with Gasteiger partial charge in [0.05, 0.1) is 0 Å². The van der Waals surface area contributed by atoms with E-state index in [0.29, 0.717) is 19.3 Å². The highest BCUT2D eigenvalue weighted by Gasteiger charge is 2.19. The molecule has 6 heteroatoms. The molecule has 0 bridgehead atoms. The fourth-order valence-corrected chi connectivity index (χ4v) is 8.83. The van der Waals surface area contributed by atoms with Crippen LogP contribution in [0, 0.1) is 0 Å². The van der Waals surface area contributed by atoms with Crippen LogP contribution in [0.15, 0.2) is 134 Å². The van der Waals surface area contributed by atoms with Crippen molar-refractivity contribution < 1.29 is 28.6 Å². The molecule has 0 rings (SSSR count). The maximum absolute atomic E-state index is 12.9. The number of hydrogen-bond acceptors (Lipinski definition) is 6. The summed E-state index contributed by atoms with van der Waals surface area (Å²) in [5.74, 6) is -0.934. The number of hydrogen-bond donors (Lipinski definition) is 0. The van der Waals surface area contributed by atoms with Gasteiger partial charge in [0.15, 0.2) is 6.10 Å². The zero-order chi connectivity index (χ0) is 57.1. The molecule has 0 aliphatic heterocycles. The van der Waals surface area contributed by atoms with Gasteiger partial charge in [0.2, 0.25) is 0 Å². The van der Waals surface area contributed by atoms with Gasteiger partial charge in [-0.3, -0.25) is 14.4 Å². The summed E-state index contributed by atoms with van der Waals surface area (Å²) in [6.07, 6.45) is 93.2. The largest absolute Gasteiger partial charge is 0.462 e. The van der Waals surface area contributed by atoms with Crippen LogP contribution in [-0.2, 0) is 28.6 Å². The predicted molar refractivity (Wildman–Crippen MR) is 343 cm³/mol. The Labute approximate surface area is 487 Å². The molecule has 0 N–H and O–H groups in total. The molecular weight excluding hydrogens is 973 g/mol. The molecule has 1 unspecified atom stereocenters. The highest BCUT2D eigenvalue weighted by atomic mass is 16.6. The molecule has 79 heavy (non-hydrogen) atoms. The molecule has 0 aromatic carbocycles. The van der Waals surface area contributed by atoms with E-state index < -0.39 is 6.10 Å². The van der Waals surface area contributed by atoms with Gasteiger partial charge >= 0.3 is 17.9 Å². The minimum absolute atomic E-state index is 0.0966. The molecule has 448 valence electrons. The molecule has 0 aromatic heterocycles. The number of rotatable bonds is 58. The van der Waals surface area contributed by atoms with Crippen LogP contribution in [0.25, 0.3) is 0 Å². The lowest BCUT2D eigenvalue weighted by Gasteiger charge is -2.18. The lowest BCUT2D eigenvalue weighted by atomic mass is 10.0. The zero-order valence-electron chi connectivity index (χ0n) is 51.3. The number of carbonyl (C=O) groups is 3. The quantitative estimate of drug-likeness (QED) is 0.0261. The molecule has 0 saturated heterocycles. The van der Waals surface area contributed by atoms with Crippen molar-refractivity contribution in [2.24, 2.45) is 0 Å². The third-order valence-electron chi connectivity index (χ3n) is 13.7. The Hall–Kier alpha value is -4.45. The monoisotopic (exact) mass is 1090 g/mol. The van der Waals surface area contributed by atoms with E-state index in [2.05, 4.69) is 154 Å². The van der Waals surface area contributed by atoms with Gasteiger partial charge in [-0.2, -0.15) is 0 Å². The second kappa shape index (κ2) is 66.1. The molecule has 6 nitrogen and oxygen atoms in total. The van der Waals surface area contributed by atoms with Gasteiger partial charge in [-0.05, 0) is 116 Å². The molecule has 0 amide bonds. The zero-order valence-corrected chi connectivity index (χ0v) is 51.3. The third-order valence-corrected chi connectivity index (χ3v) is 13.7. The van der Waals surface area contributed by atoms with E-state index in [0.717, 1.165) is 148 Å². The van der Waals surface area contributed by atoms with Crippen LogP contribution in [0.1, 0.15) is 290 Å². The van der Waals surface area contributed by atoms with Gasteiger partial charge in [0.25, 0.3) is 0 Å². The topological polar surface area (TPSA) is 78.9 Å². The Morgan fingerprint density at radius 1 is 0.266 bits per heavy atom. The minimum atomic E-state index is -0.800. The second-order valence-electron chi connectivity index (χ2n) is 21.3. The average Bonchev–Trinajstić information content (AvgIpc) is 3.45. The molecule has 0 fully saturated rings. The molecule has 0 heterocycles. The number of carbonyl (C=O) groups excluding carboxylic acids is 3. The van der Waals surface area contributed by atoms with Crippen molar-refractivity contribution in [2.45, 2.75) is 297 Å². The Morgan fingerprint density at radius 2 is 0.494 bits per heavy atom. The van der Waals surface area contributed by atoms with Crippen molar-refractivity contribution in [3.05, 3.63) is 134 Å². The predicted octanol–water partition coefficient (Wildman–Crippen LogP) is 22.5. The van der Waals surface area contributed by atoms with E-state index >= 15 is 0 Å². The Morgan fingerprint density at radius 3 is 0.785 bits per heavy atom. The first-order valence-electron chi connectivity index (χ1n) is 32.7. The first kappa shape index (κ1) is 74.5. The van der Waals surface area contributed by atoms with E-state index in [1.165, 1.54) is 103 Å². The number of ether oxygens (including phenoxy) is 3. The molecule has 1 atom stereocenters. The Bertz CT molecular complexity index is 1680. The molecule has 0 aliphatic carbocycles. The molecule has 0 aromatic rings. The highest BCUT2D eigenvalue weighted by molar-refractivity contribution is 5.71. The summed E-state index contributed by atoms with van der Waals surface area (Å²) in [4.78, 5) is 38.3. The normalized spacial score (nSPS) is 13.0. The van der Waals surface area contributed by atoms with Gasteiger partial charge in [-0.1, -0.05) is 289 Å². The van der Waals surface area contributed by atoms with Gasteiger partial charge in [0.1, 0.15) is 13.2 Å². The van der Waals surface area contributed by atoms with Crippen LogP contribution in [-0.4, -0.2) is 37.2 Å². The van der Waals surface area contributed by atoms with Crippen LogP contribution in [0.2, 0.25) is 0 Å². The SMILES string of the molecule is CC/C=C\C/C=C\C/C=C\C/C=C\C/C=C\C/C=C\C/C=C\C/C=C\CCCCCCCCC(=O)OCC(COC(=O)CCCCC/C=C\C/C=C\C/C=C\CC)OC(=O)CCCCCCCCCCCCCCCCCCC. The van der Waals surface area contributed by atoms with Crippen molar-refractivity contribution in [1.82, 2.24) is 0 Å². The van der Waals surface area contributed by atoms with Crippen LogP contribution in [0.5, 0.6) is 0 Å². The summed E-state index contributed by atoms with van der Waals surface area (Å²) >= 11 is 0. The number of allylic oxidation sites excluding steroid dienone is 22. The van der Waals surface area contributed by atoms with Crippen molar-refractivity contribution >= 4 is 17.9 Å². The van der Waals surface area contributed by atoms with Crippen LogP contribution in [0.3, 0.4) is 0 Å². The Balaban J connectivity index is 4.34. The molecule has 0 spiro atoms. The summed E-state index contributed by atoms with van der Waals surface area (Å²) in [7, 11) is 0. The van der Waals surface area contributed by atoms with Crippen molar-refractivity contribution in [3.63, 3.8) is 0 Å².